The molecule has 0 radical (unpaired) electrons. The Morgan fingerprint density at radius 2 is 1.75 bits per heavy atom. The van der Waals surface area contributed by atoms with Crippen molar-refractivity contribution in [2.75, 3.05) is 6.54 Å². The molecular formula is C9H23NOSi. The van der Waals surface area contributed by atoms with Crippen LogP contribution < -0.4 is 5.73 Å². The molecule has 0 aromatic heterocycles. The highest BCUT2D eigenvalue weighted by Gasteiger charge is 2.36. The third kappa shape index (κ3) is 3.69. The summed E-state index contributed by atoms with van der Waals surface area (Å²) in [6.07, 6.45) is 3.31. The van der Waals surface area contributed by atoms with Crippen LogP contribution in [0.2, 0.25) is 18.1 Å². The molecule has 0 aromatic carbocycles. The summed E-state index contributed by atoms with van der Waals surface area (Å²) in [6.45, 7) is 9.11. The lowest BCUT2D eigenvalue weighted by atomic mass is 10.1. The predicted octanol–water partition coefficient (Wildman–Crippen LogP) is 2.09. The van der Waals surface area contributed by atoms with Crippen LogP contribution in [0.15, 0.2) is 0 Å². The van der Waals surface area contributed by atoms with Crippen LogP contribution in [0.5, 0.6) is 0 Å². The molecule has 0 aromatic rings. The molecule has 0 aliphatic rings. The molecule has 0 saturated carbocycles. The second kappa shape index (κ2) is 4.39. The number of unbranched alkanes of at least 4 members (excludes halogenated alkanes) is 1. The highest BCUT2D eigenvalue weighted by atomic mass is 28.4. The van der Waals surface area contributed by atoms with Crippen molar-refractivity contribution in [3.8, 4) is 0 Å². The number of nitrogens with two attached hydrogens (primary N) is 1. The van der Waals surface area contributed by atoms with Crippen LogP contribution in [0, 0.1) is 0 Å². The Labute approximate surface area is 77.3 Å². The van der Waals surface area contributed by atoms with Crippen molar-refractivity contribution in [2.24, 2.45) is 5.73 Å². The first kappa shape index (κ1) is 12.1. The Hall–Kier alpha value is 0.137. The zero-order valence-corrected chi connectivity index (χ0v) is 9.85. The normalized spacial score (nSPS) is 13.5. The first-order chi connectivity index (χ1) is 5.31. The van der Waals surface area contributed by atoms with Crippen molar-refractivity contribution in [3.63, 3.8) is 0 Å². The van der Waals surface area contributed by atoms with E-state index in [0.29, 0.717) is 0 Å². The van der Waals surface area contributed by atoms with Crippen LogP contribution >= 0.6 is 0 Å². The maximum absolute atomic E-state index is 9.95. The van der Waals surface area contributed by atoms with Crippen molar-refractivity contribution < 1.29 is 4.80 Å². The summed E-state index contributed by atoms with van der Waals surface area (Å²) in [5, 5.41) is 0.127. The molecule has 0 aliphatic carbocycles. The van der Waals surface area contributed by atoms with E-state index in [4.69, 9.17) is 5.73 Å². The predicted molar refractivity (Wildman–Crippen MR) is 56.6 cm³/mol. The summed E-state index contributed by atoms with van der Waals surface area (Å²) in [4.78, 5) is 9.95. The Morgan fingerprint density at radius 3 is 2.08 bits per heavy atom. The van der Waals surface area contributed by atoms with Gasteiger partial charge in [-0.05, 0) is 37.5 Å². The van der Waals surface area contributed by atoms with Gasteiger partial charge in [0.15, 0.2) is 8.32 Å². The maximum Gasteiger partial charge on any atom is 0.188 e. The highest BCUT2D eigenvalue weighted by molar-refractivity contribution is 6.72. The van der Waals surface area contributed by atoms with Crippen molar-refractivity contribution in [3.05, 3.63) is 0 Å². The molecule has 0 heterocycles. The van der Waals surface area contributed by atoms with E-state index in [1.165, 1.54) is 0 Å². The Bertz CT molecular complexity index is 129. The molecule has 0 atom stereocenters. The van der Waals surface area contributed by atoms with Crippen LogP contribution in [0.4, 0.5) is 0 Å². The minimum atomic E-state index is -1.98. The SMILES string of the molecule is CC(C)(CCCCN)[Si](C)(C)O. The van der Waals surface area contributed by atoms with Gasteiger partial charge in [-0.1, -0.05) is 20.3 Å². The van der Waals surface area contributed by atoms with E-state index in [-0.39, 0.29) is 5.04 Å². The van der Waals surface area contributed by atoms with Gasteiger partial charge in [-0.2, -0.15) is 0 Å². The molecule has 74 valence electrons. The highest BCUT2D eigenvalue weighted by Crippen LogP contribution is 2.39. The minimum Gasteiger partial charge on any atom is -0.432 e. The van der Waals surface area contributed by atoms with Gasteiger partial charge >= 0.3 is 0 Å². The lowest BCUT2D eigenvalue weighted by Crippen LogP contribution is -2.38. The molecule has 12 heavy (non-hydrogen) atoms. The number of rotatable bonds is 5. The maximum atomic E-state index is 9.95. The average Bonchev–Trinajstić information content (AvgIpc) is 1.85. The van der Waals surface area contributed by atoms with Crippen molar-refractivity contribution >= 4 is 8.32 Å². The quantitative estimate of drug-likeness (QED) is 0.514. The molecule has 0 bridgehead atoms. The van der Waals surface area contributed by atoms with Crippen LogP contribution in [0.3, 0.4) is 0 Å². The lowest BCUT2D eigenvalue weighted by molar-refractivity contribution is 0.439. The Morgan fingerprint density at radius 1 is 1.25 bits per heavy atom. The third-order valence-electron chi connectivity index (χ3n) is 2.91. The molecule has 2 nitrogen and oxygen atoms in total. The van der Waals surface area contributed by atoms with E-state index in [1.807, 2.05) is 13.1 Å². The summed E-state index contributed by atoms with van der Waals surface area (Å²) < 4.78 is 0. The van der Waals surface area contributed by atoms with E-state index in [2.05, 4.69) is 13.8 Å². The largest absolute Gasteiger partial charge is 0.432 e. The van der Waals surface area contributed by atoms with E-state index < -0.39 is 8.32 Å². The fourth-order valence-corrected chi connectivity index (χ4v) is 1.81. The molecule has 0 saturated heterocycles. The Kier molecular flexibility index (Phi) is 4.44. The molecule has 3 heteroatoms. The second-order valence-corrected chi connectivity index (χ2v) is 9.16. The van der Waals surface area contributed by atoms with Gasteiger partial charge in [0.05, 0.1) is 0 Å². The smallest absolute Gasteiger partial charge is 0.188 e. The monoisotopic (exact) mass is 189 g/mol. The van der Waals surface area contributed by atoms with Gasteiger partial charge in [-0.3, -0.25) is 0 Å². The molecule has 0 unspecified atom stereocenters. The standard InChI is InChI=1S/C9H23NOSi/c1-9(2,12(3,4)11)7-5-6-8-10/h11H,5-8,10H2,1-4H3. The zero-order chi connectivity index (χ0) is 9.83. The van der Waals surface area contributed by atoms with Gasteiger partial charge in [0.25, 0.3) is 0 Å². The van der Waals surface area contributed by atoms with E-state index in [0.717, 1.165) is 25.8 Å². The summed E-state index contributed by atoms with van der Waals surface area (Å²) in [5.41, 5.74) is 5.42. The second-order valence-electron chi connectivity index (χ2n) is 4.69. The average molecular weight is 189 g/mol. The molecule has 0 fully saturated rings. The van der Waals surface area contributed by atoms with Gasteiger partial charge in [0, 0.05) is 0 Å². The molecule has 0 amide bonds. The summed E-state index contributed by atoms with van der Waals surface area (Å²) >= 11 is 0. The van der Waals surface area contributed by atoms with Crippen LogP contribution in [-0.4, -0.2) is 19.7 Å². The van der Waals surface area contributed by atoms with Gasteiger partial charge in [0.2, 0.25) is 0 Å². The van der Waals surface area contributed by atoms with E-state index in [9.17, 15) is 4.80 Å². The van der Waals surface area contributed by atoms with Crippen molar-refractivity contribution in [1.82, 2.24) is 0 Å². The first-order valence-electron chi connectivity index (χ1n) is 4.74. The fraction of sp³-hybridized carbons (Fsp3) is 1.00. The lowest BCUT2D eigenvalue weighted by Gasteiger charge is -2.35. The number of hydrogen-bond donors (Lipinski definition) is 2. The van der Waals surface area contributed by atoms with E-state index >= 15 is 0 Å². The topological polar surface area (TPSA) is 46.2 Å². The molecule has 0 spiro atoms. The number of hydrogen-bond acceptors (Lipinski definition) is 2. The molecule has 3 N–H and O–H groups in total. The third-order valence-corrected chi connectivity index (χ3v) is 6.47. The molecule has 0 aliphatic heterocycles. The zero-order valence-electron chi connectivity index (χ0n) is 8.85. The van der Waals surface area contributed by atoms with Crippen molar-refractivity contribution in [2.45, 2.75) is 51.2 Å². The molecular weight excluding hydrogens is 166 g/mol. The van der Waals surface area contributed by atoms with Crippen LogP contribution in [0.25, 0.3) is 0 Å². The fourth-order valence-electron chi connectivity index (χ4n) is 1.02. The van der Waals surface area contributed by atoms with Crippen LogP contribution in [-0.2, 0) is 0 Å². The van der Waals surface area contributed by atoms with E-state index in [1.54, 1.807) is 0 Å². The summed E-state index contributed by atoms with van der Waals surface area (Å²) in [7, 11) is -1.98. The summed E-state index contributed by atoms with van der Waals surface area (Å²) in [5.74, 6) is 0. The Balaban J connectivity index is 3.88. The van der Waals surface area contributed by atoms with Crippen molar-refractivity contribution in [1.29, 1.82) is 0 Å². The van der Waals surface area contributed by atoms with Gasteiger partial charge in [-0.25, -0.2) is 0 Å². The van der Waals surface area contributed by atoms with Crippen LogP contribution in [0.1, 0.15) is 33.1 Å². The van der Waals surface area contributed by atoms with Gasteiger partial charge < -0.3 is 10.5 Å². The van der Waals surface area contributed by atoms with Gasteiger partial charge in [0.1, 0.15) is 0 Å². The summed E-state index contributed by atoms with van der Waals surface area (Å²) in [6, 6.07) is 0. The van der Waals surface area contributed by atoms with Gasteiger partial charge in [-0.15, -0.1) is 0 Å². The minimum absolute atomic E-state index is 0.127. The first-order valence-corrected chi connectivity index (χ1v) is 7.68. The molecule has 0 rings (SSSR count).